The van der Waals surface area contributed by atoms with Gasteiger partial charge < -0.3 is 14.1 Å². The van der Waals surface area contributed by atoms with Gasteiger partial charge in [-0.25, -0.2) is 0 Å². The number of aldehydes is 1. The number of unbranched alkanes of at least 4 members (excludes halogenated alkanes) is 1. The van der Waals surface area contributed by atoms with Gasteiger partial charge in [0.15, 0.2) is 20.2 Å². The van der Waals surface area contributed by atoms with Gasteiger partial charge in [0, 0.05) is 22.8 Å². The number of hydrogen-bond acceptors (Lipinski definition) is 5. The van der Waals surface area contributed by atoms with Crippen LogP contribution < -0.4 is 4.74 Å². The van der Waals surface area contributed by atoms with E-state index in [1.807, 2.05) is 6.92 Å². The lowest BCUT2D eigenvalue weighted by Gasteiger charge is -2.38. The smallest absolute Gasteiger partial charge is 0.420 e. The molecule has 4 nitrogen and oxygen atoms in total. The molecule has 1 atom stereocenters. The summed E-state index contributed by atoms with van der Waals surface area (Å²) in [5, 5.41) is 0.808. The molecule has 10 heteroatoms. The Balaban J connectivity index is 2.77. The number of methoxy groups -OCH3 is 1. The van der Waals surface area contributed by atoms with Gasteiger partial charge in [0.1, 0.15) is 5.75 Å². The molecule has 1 heterocycles. The third-order valence-corrected chi connectivity index (χ3v) is 7.98. The highest BCUT2D eigenvalue weighted by Crippen LogP contribution is 2.55. The van der Waals surface area contributed by atoms with Crippen molar-refractivity contribution in [3.63, 3.8) is 0 Å². The highest BCUT2D eigenvalue weighted by Gasteiger charge is 2.59. The van der Waals surface area contributed by atoms with E-state index in [9.17, 15) is 18.0 Å². The summed E-state index contributed by atoms with van der Waals surface area (Å²) < 4.78 is 54.5. The van der Waals surface area contributed by atoms with Crippen molar-refractivity contribution in [2.24, 2.45) is 0 Å². The van der Waals surface area contributed by atoms with Crippen molar-refractivity contribution in [1.29, 1.82) is 0 Å². The first-order valence-corrected chi connectivity index (χ1v) is 15.3. The lowest BCUT2D eigenvalue weighted by molar-refractivity contribution is -0.227. The van der Waals surface area contributed by atoms with Crippen LogP contribution in [0.1, 0.15) is 39.2 Å². The van der Waals surface area contributed by atoms with Crippen LogP contribution in [0.2, 0.25) is 24.7 Å². The molecule has 1 aromatic rings. The van der Waals surface area contributed by atoms with Crippen LogP contribution in [0.25, 0.3) is 5.57 Å². The zero-order valence-corrected chi connectivity index (χ0v) is 22.6. The number of nitrogens with zero attached hydrogens (tertiary/aromatic N) is 1. The number of alkyl halides is 3. The summed E-state index contributed by atoms with van der Waals surface area (Å²) >= 11 is 7.11. The first kappa shape index (κ1) is 27.8. The first-order chi connectivity index (χ1) is 15.2. The third kappa shape index (κ3) is 5.99. The van der Waals surface area contributed by atoms with Gasteiger partial charge in [-0.3, -0.25) is 4.79 Å². The van der Waals surface area contributed by atoms with E-state index < -0.39 is 20.1 Å². The number of ether oxygens (including phenoxy) is 1. The second-order valence-corrected chi connectivity index (χ2v) is 14.8. The average Bonchev–Trinajstić information content (AvgIpc) is 3.01. The van der Waals surface area contributed by atoms with Crippen molar-refractivity contribution in [3.05, 3.63) is 44.4 Å². The topological polar surface area (TPSA) is 38.8 Å². The number of hydrogen-bond donors (Lipinski definition) is 0. The second-order valence-electron chi connectivity index (χ2n) is 8.95. The Kier molecular flexibility index (Phi) is 8.81. The molecule has 0 spiro atoms. The maximum Gasteiger partial charge on any atom is 0.420 e. The molecule has 0 bridgehead atoms. The van der Waals surface area contributed by atoms with E-state index in [2.05, 4.69) is 0 Å². The molecule has 1 aliphatic rings. The van der Waals surface area contributed by atoms with Crippen molar-refractivity contribution in [3.8, 4) is 5.75 Å². The molecule has 0 amide bonds. The fraction of sp³-hybridized carbons (Fsp3) is 0.522. The molecule has 33 heavy (non-hydrogen) atoms. The van der Waals surface area contributed by atoms with Gasteiger partial charge in [0.2, 0.25) is 0 Å². The number of carbonyl (C=O) groups is 1. The van der Waals surface area contributed by atoms with Crippen LogP contribution in [0, 0.1) is 0 Å². The Morgan fingerprint density at radius 3 is 2.39 bits per heavy atom. The van der Waals surface area contributed by atoms with Gasteiger partial charge in [0.25, 0.3) is 0 Å². The largest absolute Gasteiger partial charge is 0.496 e. The fourth-order valence-corrected chi connectivity index (χ4v) is 6.79. The number of rotatable bonds is 9. The molecule has 1 aromatic carbocycles. The lowest BCUT2D eigenvalue weighted by atomic mass is 10.0. The van der Waals surface area contributed by atoms with E-state index in [1.165, 1.54) is 7.11 Å². The Labute approximate surface area is 204 Å². The van der Waals surface area contributed by atoms with Crippen LogP contribution in [0.4, 0.5) is 13.2 Å². The van der Waals surface area contributed by atoms with Crippen LogP contribution in [-0.2, 0) is 9.22 Å². The van der Waals surface area contributed by atoms with Crippen LogP contribution in [0.5, 0.6) is 5.75 Å². The zero-order chi connectivity index (χ0) is 25.2. The molecular weight excluding hydrogens is 491 g/mol. The van der Waals surface area contributed by atoms with Gasteiger partial charge in [-0.2, -0.15) is 13.2 Å². The Bertz CT molecular complexity index is 959. The van der Waals surface area contributed by atoms with E-state index >= 15 is 0 Å². The number of halogens is 4. The highest BCUT2D eigenvalue weighted by atomic mass is 35.5. The maximum absolute atomic E-state index is 14.5. The van der Waals surface area contributed by atoms with E-state index in [1.54, 1.807) is 49.7 Å². The number of thioether (sulfide) groups is 1. The minimum absolute atomic E-state index is 0.0453. The summed E-state index contributed by atoms with van der Waals surface area (Å²) in [6.45, 7) is 10.4. The number of allylic oxidation sites excluding steroid dienone is 2. The van der Waals surface area contributed by atoms with Gasteiger partial charge in [-0.05, 0) is 58.1 Å². The molecule has 0 saturated carbocycles. The molecule has 0 fully saturated rings. The summed E-state index contributed by atoms with van der Waals surface area (Å²) in [6, 6.07) is 4.85. The van der Waals surface area contributed by atoms with Crippen molar-refractivity contribution in [1.82, 2.24) is 4.90 Å². The van der Waals surface area contributed by atoms with Crippen molar-refractivity contribution < 1.29 is 27.1 Å². The van der Waals surface area contributed by atoms with Gasteiger partial charge in [0.05, 0.1) is 22.6 Å². The molecule has 0 N–H and O–H groups in total. The summed E-state index contributed by atoms with van der Waals surface area (Å²) in [6.07, 6.45) is -2.41. The molecule has 1 aliphatic heterocycles. The Morgan fingerprint density at radius 1 is 1.27 bits per heavy atom. The molecule has 184 valence electrons. The van der Waals surface area contributed by atoms with E-state index in [4.69, 9.17) is 20.8 Å². The van der Waals surface area contributed by atoms with Crippen molar-refractivity contribution in [2.75, 3.05) is 13.7 Å². The molecule has 1 unspecified atom stereocenters. The lowest BCUT2D eigenvalue weighted by Crippen LogP contribution is -2.51. The van der Waals surface area contributed by atoms with Crippen LogP contribution in [-0.4, -0.2) is 44.9 Å². The quantitative estimate of drug-likeness (QED) is 0.191. The van der Waals surface area contributed by atoms with Crippen LogP contribution in [0.3, 0.4) is 0 Å². The molecular formula is C23H31ClF3NO3SSi. The molecule has 0 saturated heterocycles. The second kappa shape index (κ2) is 10.5. The fourth-order valence-electron chi connectivity index (χ4n) is 3.69. The average molecular weight is 522 g/mol. The van der Waals surface area contributed by atoms with Gasteiger partial charge in [-0.15, -0.1) is 0 Å². The standard InChI is InChI=1S/C23H31ClF3NO3SSi/c1-8-9-12-28-15(2)20(22(3,23(25,26)27)31-33(5,6)7)32-21(28)18(14-29)17-13-16(24)10-11-19(17)30-4/h10-11,13-14H,8-9,12H2,1-7H3/b21-18+. The first-order valence-electron chi connectivity index (χ1n) is 10.7. The van der Waals surface area contributed by atoms with E-state index in [-0.39, 0.29) is 10.5 Å². The summed E-state index contributed by atoms with van der Waals surface area (Å²) in [5.74, 6) is 0.410. The molecule has 2 rings (SSSR count). The van der Waals surface area contributed by atoms with Crippen molar-refractivity contribution >= 4 is 43.5 Å². The molecule has 0 aliphatic carbocycles. The van der Waals surface area contributed by atoms with Crippen molar-refractivity contribution in [2.45, 2.75) is 65.0 Å². The summed E-state index contributed by atoms with van der Waals surface area (Å²) in [4.78, 5) is 14.1. The Hall–Kier alpha value is -1.42. The summed E-state index contributed by atoms with van der Waals surface area (Å²) in [7, 11) is -1.13. The number of benzene rings is 1. The van der Waals surface area contributed by atoms with Gasteiger partial charge in [-0.1, -0.05) is 36.7 Å². The molecule has 0 radical (unpaired) electrons. The minimum atomic E-state index is -4.64. The minimum Gasteiger partial charge on any atom is -0.496 e. The molecule has 0 aromatic heterocycles. The monoisotopic (exact) mass is 521 g/mol. The predicted molar refractivity (Wildman–Crippen MR) is 132 cm³/mol. The predicted octanol–water partition coefficient (Wildman–Crippen LogP) is 7.47. The van der Waals surface area contributed by atoms with Crippen LogP contribution >= 0.6 is 23.4 Å². The number of carbonyl (C=O) groups excluding carboxylic acids is 1. The van der Waals surface area contributed by atoms with E-state index in [0.29, 0.717) is 39.9 Å². The maximum atomic E-state index is 14.5. The van der Waals surface area contributed by atoms with Gasteiger partial charge >= 0.3 is 6.18 Å². The van der Waals surface area contributed by atoms with Crippen LogP contribution in [0.15, 0.2) is 33.8 Å². The SMILES string of the molecule is CCCCN1C(C)=C(C(C)(O[Si](C)(C)C)C(F)(F)F)S/C1=C(\C=O)c1cc(Cl)ccc1OC. The zero-order valence-electron chi connectivity index (χ0n) is 20.0. The van der Waals surface area contributed by atoms with E-state index in [0.717, 1.165) is 31.5 Å². The Morgan fingerprint density at radius 2 is 1.91 bits per heavy atom. The highest BCUT2D eigenvalue weighted by molar-refractivity contribution is 8.07. The summed E-state index contributed by atoms with van der Waals surface area (Å²) in [5.41, 5.74) is -1.41. The third-order valence-electron chi connectivity index (χ3n) is 5.20. The normalized spacial score (nSPS) is 18.5.